The maximum atomic E-state index is 13.0. The maximum absolute atomic E-state index is 13.0. The molecule has 0 fully saturated rings. The van der Waals surface area contributed by atoms with Gasteiger partial charge in [0.25, 0.3) is 0 Å². The monoisotopic (exact) mass is 594 g/mol. The number of alkyl halides is 5. The van der Waals surface area contributed by atoms with Gasteiger partial charge in [-0.1, -0.05) is 79.2 Å². The van der Waals surface area contributed by atoms with Crippen molar-refractivity contribution in [2.45, 2.75) is 57.2 Å². The summed E-state index contributed by atoms with van der Waals surface area (Å²) >= 11 is 0. The molecule has 222 valence electrons. The Bertz CT molecular complexity index is 1260. The van der Waals surface area contributed by atoms with E-state index >= 15 is 0 Å². The number of halogens is 5. The van der Waals surface area contributed by atoms with Gasteiger partial charge < -0.3 is 9.84 Å². The fourth-order valence-electron chi connectivity index (χ4n) is 4.49. The van der Waals surface area contributed by atoms with E-state index in [0.717, 1.165) is 27.8 Å². The van der Waals surface area contributed by atoms with Crippen molar-refractivity contribution in [1.82, 2.24) is 0 Å². The third kappa shape index (κ3) is 9.78. The molecular weight excluding hydrogens is 559 g/mol. The topological polar surface area (TPSA) is 46.5 Å². The summed E-state index contributed by atoms with van der Waals surface area (Å²) < 4.78 is 81.1. The van der Waals surface area contributed by atoms with Crippen LogP contribution in [0.4, 0.5) is 22.0 Å². The van der Waals surface area contributed by atoms with Crippen molar-refractivity contribution in [2.24, 2.45) is 0 Å². The summed E-state index contributed by atoms with van der Waals surface area (Å²) in [5.74, 6) is -4.50. The Morgan fingerprint density at radius 2 is 1.29 bits per heavy atom. The lowest BCUT2D eigenvalue weighted by Gasteiger charge is -2.23. The number of hydrogen-bond acceptors (Lipinski definition) is 3. The first-order chi connectivity index (χ1) is 19.5. The van der Waals surface area contributed by atoms with Crippen molar-refractivity contribution in [1.29, 1.82) is 0 Å². The number of phenolic OH excluding ortho intramolecular Hbond substituents is 1. The Morgan fingerprint density at radius 3 is 1.88 bits per heavy atom. The van der Waals surface area contributed by atoms with Crippen LogP contribution in [0, 0.1) is 0 Å². The normalized spacial score (nSPS) is 14.4. The minimum absolute atomic E-state index is 0.173. The summed E-state index contributed by atoms with van der Waals surface area (Å²) in [5.41, 5.74) is 4.90. The molecule has 2 atom stereocenters. The quantitative estimate of drug-likeness (QED) is 0.109. The van der Waals surface area contributed by atoms with Gasteiger partial charge in [0.05, 0.1) is 6.10 Å². The predicted molar refractivity (Wildman–Crippen MR) is 154 cm³/mol. The lowest BCUT2D eigenvalue weighted by atomic mass is 9.87. The molecule has 1 N–H and O–H groups in total. The summed E-state index contributed by atoms with van der Waals surface area (Å²) in [6, 6.07) is 26.9. The van der Waals surface area contributed by atoms with Crippen LogP contribution in [0.5, 0.6) is 5.75 Å². The second-order valence-corrected chi connectivity index (χ2v) is 11.5. The zero-order valence-corrected chi connectivity index (χ0v) is 23.7. The molecule has 0 aliphatic carbocycles. The molecule has 0 aromatic heterocycles. The van der Waals surface area contributed by atoms with Gasteiger partial charge >= 0.3 is 12.1 Å². The highest BCUT2D eigenvalue weighted by Gasteiger charge is 2.56. The first kappa shape index (κ1) is 32.5. The SMILES string of the molecule is CC(OCCCCCS(=O)CCCC(F)(F)C(F)(F)F)C(=C(c1ccccc1)c1ccc(O)cc1)c1ccccc1. The predicted octanol–water partition coefficient (Wildman–Crippen LogP) is 8.65. The zero-order chi connectivity index (χ0) is 29.9. The fraction of sp³-hybridized carbons (Fsp3) is 0.375. The van der Waals surface area contributed by atoms with E-state index in [0.29, 0.717) is 25.9 Å². The molecule has 9 heteroatoms. The van der Waals surface area contributed by atoms with Gasteiger partial charge in [0, 0.05) is 35.3 Å². The number of rotatable bonds is 15. The van der Waals surface area contributed by atoms with Crippen molar-refractivity contribution in [2.75, 3.05) is 18.1 Å². The number of unbranched alkanes of at least 4 members (excludes halogenated alkanes) is 2. The Morgan fingerprint density at radius 1 is 0.756 bits per heavy atom. The first-order valence-corrected chi connectivity index (χ1v) is 15.0. The average Bonchev–Trinajstić information content (AvgIpc) is 2.94. The lowest BCUT2D eigenvalue weighted by Crippen LogP contribution is -2.36. The van der Waals surface area contributed by atoms with Crippen LogP contribution in [0.2, 0.25) is 0 Å². The summed E-state index contributed by atoms with van der Waals surface area (Å²) in [6.07, 6.45) is -5.75. The van der Waals surface area contributed by atoms with Crippen LogP contribution >= 0.6 is 0 Å². The van der Waals surface area contributed by atoms with E-state index in [4.69, 9.17) is 4.74 Å². The third-order valence-electron chi connectivity index (χ3n) is 6.64. The van der Waals surface area contributed by atoms with E-state index in [9.17, 15) is 31.3 Å². The fourth-order valence-corrected chi connectivity index (χ4v) is 5.69. The van der Waals surface area contributed by atoms with E-state index in [1.165, 1.54) is 0 Å². The van der Waals surface area contributed by atoms with Gasteiger partial charge in [-0.05, 0) is 66.2 Å². The second-order valence-electron chi connectivity index (χ2n) is 9.80. The molecule has 3 rings (SSSR count). The molecule has 3 aromatic carbocycles. The average molecular weight is 595 g/mol. The van der Waals surface area contributed by atoms with Crippen LogP contribution in [0.25, 0.3) is 11.1 Å². The Balaban J connectivity index is 1.62. The van der Waals surface area contributed by atoms with Crippen molar-refractivity contribution >= 4 is 21.9 Å². The zero-order valence-electron chi connectivity index (χ0n) is 22.9. The molecule has 0 bridgehead atoms. The van der Waals surface area contributed by atoms with Gasteiger partial charge in [-0.2, -0.15) is 22.0 Å². The second kappa shape index (κ2) is 15.3. The molecule has 0 saturated heterocycles. The first-order valence-electron chi connectivity index (χ1n) is 13.5. The standard InChI is InChI=1S/C32H35F5O3S/c1-24(40-21-9-4-10-22-41(39)23-11-20-31(33,34)32(35,36)37)29(25-12-5-2-6-13-25)30(26-14-7-3-8-15-26)27-16-18-28(38)19-17-27/h2-3,5-8,12-19,24,38H,4,9-11,20-23H2,1H3. The molecule has 41 heavy (non-hydrogen) atoms. The molecule has 3 nitrogen and oxygen atoms in total. The number of aromatic hydroxyl groups is 1. The summed E-state index contributed by atoms with van der Waals surface area (Å²) in [4.78, 5) is 0. The molecule has 2 unspecified atom stereocenters. The molecule has 0 radical (unpaired) electrons. The Hall–Kier alpha value is -3.04. The number of ether oxygens (including phenoxy) is 1. The lowest BCUT2D eigenvalue weighted by molar-refractivity contribution is -0.284. The summed E-state index contributed by atoms with van der Waals surface area (Å²) in [5, 5.41) is 9.87. The van der Waals surface area contributed by atoms with Crippen molar-refractivity contribution in [3.8, 4) is 5.75 Å². The minimum Gasteiger partial charge on any atom is -0.508 e. The molecular formula is C32H35F5O3S. The van der Waals surface area contributed by atoms with E-state index in [2.05, 4.69) is 0 Å². The van der Waals surface area contributed by atoms with Crippen LogP contribution < -0.4 is 0 Å². The van der Waals surface area contributed by atoms with Gasteiger partial charge in [0.15, 0.2) is 0 Å². The number of hydrogen-bond donors (Lipinski definition) is 1. The maximum Gasteiger partial charge on any atom is 0.453 e. The molecule has 0 heterocycles. The van der Waals surface area contributed by atoms with E-state index in [1.54, 1.807) is 12.1 Å². The third-order valence-corrected chi connectivity index (χ3v) is 8.13. The molecule has 0 amide bonds. The number of benzene rings is 3. The Kier molecular flexibility index (Phi) is 12.1. The van der Waals surface area contributed by atoms with E-state index < -0.39 is 35.7 Å². The van der Waals surface area contributed by atoms with Gasteiger partial charge in [-0.3, -0.25) is 4.21 Å². The van der Waals surface area contributed by atoms with Crippen LogP contribution in [0.3, 0.4) is 0 Å². The molecule has 3 aromatic rings. The molecule has 0 spiro atoms. The van der Waals surface area contributed by atoms with E-state index in [1.807, 2.05) is 79.7 Å². The van der Waals surface area contributed by atoms with Gasteiger partial charge in [0.2, 0.25) is 0 Å². The van der Waals surface area contributed by atoms with Gasteiger partial charge in [-0.15, -0.1) is 0 Å². The highest BCUT2D eigenvalue weighted by atomic mass is 32.2. The number of phenols is 1. The van der Waals surface area contributed by atoms with E-state index in [-0.39, 0.29) is 23.4 Å². The molecule has 0 aliphatic heterocycles. The smallest absolute Gasteiger partial charge is 0.453 e. The van der Waals surface area contributed by atoms with Crippen LogP contribution in [-0.4, -0.2) is 45.6 Å². The van der Waals surface area contributed by atoms with Crippen LogP contribution in [-0.2, 0) is 15.5 Å². The van der Waals surface area contributed by atoms with Gasteiger partial charge in [-0.25, -0.2) is 0 Å². The van der Waals surface area contributed by atoms with Crippen LogP contribution in [0.1, 0.15) is 55.7 Å². The van der Waals surface area contributed by atoms with Gasteiger partial charge in [0.1, 0.15) is 5.75 Å². The molecule has 0 saturated carbocycles. The largest absolute Gasteiger partial charge is 0.508 e. The van der Waals surface area contributed by atoms with Crippen molar-refractivity contribution in [3.63, 3.8) is 0 Å². The summed E-state index contributed by atoms with van der Waals surface area (Å²) in [6.45, 7) is 2.41. The Labute approximate surface area is 240 Å². The van der Waals surface area contributed by atoms with Crippen molar-refractivity contribution < 1.29 is 36.0 Å². The summed E-state index contributed by atoms with van der Waals surface area (Å²) in [7, 11) is -1.45. The highest BCUT2D eigenvalue weighted by molar-refractivity contribution is 7.84. The molecule has 0 aliphatic rings. The van der Waals surface area contributed by atoms with Crippen molar-refractivity contribution in [3.05, 3.63) is 102 Å². The highest BCUT2D eigenvalue weighted by Crippen LogP contribution is 2.39. The van der Waals surface area contributed by atoms with Crippen LogP contribution in [0.15, 0.2) is 84.9 Å². The minimum atomic E-state index is -5.58.